The summed E-state index contributed by atoms with van der Waals surface area (Å²) < 4.78 is 41.4. The second kappa shape index (κ2) is 7.30. The Hall–Kier alpha value is -3.82. The fraction of sp³-hybridized carbons (Fsp3) is 0.105. The Morgan fingerprint density at radius 3 is 2.76 bits per heavy atom. The average Bonchev–Trinajstić information content (AvgIpc) is 3.34. The standard InChI is InChI=1S/C19H14F3N5O2/c20-19(21,22)29-16-7-2-1-5-14(16)18(28)23-10-12-8-15(26-25-12)13-6-3-4-11-9-24-27-17(11)13/h1-9H,10H2,(H,23,28)(H,24,27)(H,25,26). The molecule has 2 aromatic heterocycles. The van der Waals surface area contributed by atoms with E-state index < -0.39 is 18.0 Å². The van der Waals surface area contributed by atoms with Crippen molar-refractivity contribution >= 4 is 16.8 Å². The van der Waals surface area contributed by atoms with Gasteiger partial charge in [0, 0.05) is 10.9 Å². The van der Waals surface area contributed by atoms with E-state index in [2.05, 4.69) is 30.4 Å². The number of rotatable bonds is 5. The molecule has 0 radical (unpaired) electrons. The van der Waals surface area contributed by atoms with Gasteiger partial charge in [0.1, 0.15) is 5.75 Å². The molecule has 0 bridgehead atoms. The molecule has 10 heteroatoms. The van der Waals surface area contributed by atoms with E-state index in [0.29, 0.717) is 11.4 Å². The number of aromatic nitrogens is 4. The van der Waals surface area contributed by atoms with Crippen molar-refractivity contribution in [3.63, 3.8) is 0 Å². The highest BCUT2D eigenvalue weighted by Gasteiger charge is 2.32. The molecule has 1 amide bonds. The molecule has 3 N–H and O–H groups in total. The van der Waals surface area contributed by atoms with Crippen molar-refractivity contribution in [1.29, 1.82) is 0 Å². The van der Waals surface area contributed by atoms with Crippen LogP contribution in [0.5, 0.6) is 5.75 Å². The SMILES string of the molecule is O=C(NCc1cc(-c2cccc3cn[nH]c23)[nH]n1)c1ccccc1OC(F)(F)F. The summed E-state index contributed by atoms with van der Waals surface area (Å²) in [5, 5.41) is 17.5. The van der Waals surface area contributed by atoms with E-state index in [1.807, 2.05) is 18.2 Å². The van der Waals surface area contributed by atoms with Crippen LogP contribution in [0.4, 0.5) is 13.2 Å². The Morgan fingerprint density at radius 2 is 1.93 bits per heavy atom. The van der Waals surface area contributed by atoms with Crippen LogP contribution in [0.3, 0.4) is 0 Å². The van der Waals surface area contributed by atoms with Gasteiger partial charge < -0.3 is 10.1 Å². The Kier molecular flexibility index (Phi) is 4.67. The van der Waals surface area contributed by atoms with Gasteiger partial charge in [-0.2, -0.15) is 10.2 Å². The molecule has 148 valence electrons. The summed E-state index contributed by atoms with van der Waals surface area (Å²) in [6.45, 7) is 0.0225. The van der Waals surface area contributed by atoms with Gasteiger partial charge >= 0.3 is 6.36 Å². The van der Waals surface area contributed by atoms with E-state index in [1.54, 1.807) is 12.3 Å². The molecule has 4 aromatic rings. The largest absolute Gasteiger partial charge is 0.573 e. The summed E-state index contributed by atoms with van der Waals surface area (Å²) in [4.78, 5) is 12.3. The second-order valence-electron chi connectivity index (χ2n) is 6.14. The van der Waals surface area contributed by atoms with Crippen molar-refractivity contribution in [1.82, 2.24) is 25.7 Å². The van der Waals surface area contributed by atoms with E-state index in [-0.39, 0.29) is 12.1 Å². The first kappa shape index (κ1) is 18.5. The lowest BCUT2D eigenvalue weighted by molar-refractivity contribution is -0.274. The van der Waals surface area contributed by atoms with E-state index >= 15 is 0 Å². The molecule has 29 heavy (non-hydrogen) atoms. The van der Waals surface area contributed by atoms with Gasteiger partial charge in [-0.05, 0) is 18.2 Å². The monoisotopic (exact) mass is 401 g/mol. The number of benzene rings is 2. The van der Waals surface area contributed by atoms with Crippen LogP contribution in [0.1, 0.15) is 16.1 Å². The average molecular weight is 401 g/mol. The fourth-order valence-corrected chi connectivity index (χ4v) is 2.92. The van der Waals surface area contributed by atoms with E-state index in [9.17, 15) is 18.0 Å². The first-order valence-electron chi connectivity index (χ1n) is 8.50. The number of halogens is 3. The molecule has 0 unspecified atom stereocenters. The molecule has 0 aliphatic heterocycles. The van der Waals surface area contributed by atoms with E-state index in [1.165, 1.54) is 18.2 Å². The zero-order chi connectivity index (χ0) is 20.4. The number of ether oxygens (including phenoxy) is 1. The van der Waals surface area contributed by atoms with Gasteiger partial charge in [0.05, 0.1) is 35.2 Å². The lowest BCUT2D eigenvalue weighted by Crippen LogP contribution is -2.25. The Balaban J connectivity index is 1.48. The third-order valence-corrected chi connectivity index (χ3v) is 4.19. The minimum absolute atomic E-state index is 0.0225. The Labute approximate surface area is 161 Å². The maximum absolute atomic E-state index is 12.5. The number of amides is 1. The van der Waals surface area contributed by atoms with Gasteiger partial charge in [-0.1, -0.05) is 30.3 Å². The highest BCUT2D eigenvalue weighted by molar-refractivity contribution is 5.97. The number of H-pyrrole nitrogens is 2. The summed E-state index contributed by atoms with van der Waals surface area (Å²) in [5.74, 6) is -1.27. The molecule has 0 saturated heterocycles. The summed E-state index contributed by atoms with van der Waals surface area (Å²) in [6, 6.07) is 12.6. The summed E-state index contributed by atoms with van der Waals surface area (Å²) in [7, 11) is 0. The first-order valence-corrected chi connectivity index (χ1v) is 8.50. The molecule has 2 aromatic carbocycles. The number of carbonyl (C=O) groups is 1. The van der Waals surface area contributed by atoms with Crippen molar-refractivity contribution in [2.45, 2.75) is 12.9 Å². The minimum Gasteiger partial charge on any atom is -0.405 e. The molecule has 0 fully saturated rings. The van der Waals surface area contributed by atoms with Crippen LogP contribution >= 0.6 is 0 Å². The molecule has 2 heterocycles. The quantitative estimate of drug-likeness (QED) is 0.474. The number of fused-ring (bicyclic) bond motifs is 1. The van der Waals surface area contributed by atoms with Crippen LogP contribution in [0.2, 0.25) is 0 Å². The molecule has 0 atom stereocenters. The van der Waals surface area contributed by atoms with Gasteiger partial charge in [-0.3, -0.25) is 15.0 Å². The topological polar surface area (TPSA) is 95.7 Å². The number of nitrogens with zero attached hydrogens (tertiary/aromatic N) is 2. The van der Waals surface area contributed by atoms with Crippen LogP contribution in [-0.4, -0.2) is 32.7 Å². The molecule has 0 saturated carbocycles. The Morgan fingerprint density at radius 1 is 1.10 bits per heavy atom. The van der Waals surface area contributed by atoms with Crippen LogP contribution in [0.15, 0.2) is 54.7 Å². The van der Waals surface area contributed by atoms with Gasteiger partial charge in [0.2, 0.25) is 0 Å². The predicted molar refractivity (Wildman–Crippen MR) is 98.0 cm³/mol. The summed E-state index contributed by atoms with van der Waals surface area (Å²) in [6.07, 6.45) is -3.18. The van der Waals surface area contributed by atoms with Gasteiger partial charge in [-0.15, -0.1) is 13.2 Å². The van der Waals surface area contributed by atoms with Crippen LogP contribution in [0.25, 0.3) is 22.2 Å². The highest BCUT2D eigenvalue weighted by atomic mass is 19.4. The number of carbonyl (C=O) groups excluding carboxylic acids is 1. The number of aromatic amines is 2. The van der Waals surface area contributed by atoms with E-state index in [4.69, 9.17) is 0 Å². The maximum atomic E-state index is 12.5. The molecule has 7 nitrogen and oxygen atoms in total. The molecule has 0 aliphatic carbocycles. The Bertz CT molecular complexity index is 1170. The van der Waals surface area contributed by atoms with Crippen LogP contribution in [0, 0.1) is 0 Å². The fourth-order valence-electron chi connectivity index (χ4n) is 2.92. The summed E-state index contributed by atoms with van der Waals surface area (Å²) >= 11 is 0. The lowest BCUT2D eigenvalue weighted by Gasteiger charge is -2.12. The van der Waals surface area contributed by atoms with Crippen LogP contribution < -0.4 is 10.1 Å². The van der Waals surface area contributed by atoms with Crippen LogP contribution in [-0.2, 0) is 6.54 Å². The number of para-hydroxylation sites is 2. The molecular weight excluding hydrogens is 387 g/mol. The summed E-state index contributed by atoms with van der Waals surface area (Å²) in [5.41, 5.74) is 2.70. The van der Waals surface area contributed by atoms with Crippen molar-refractivity contribution in [3.8, 4) is 17.0 Å². The molecule has 0 aliphatic rings. The van der Waals surface area contributed by atoms with Crippen molar-refractivity contribution in [3.05, 3.63) is 66.0 Å². The van der Waals surface area contributed by atoms with Gasteiger partial charge in [-0.25, -0.2) is 0 Å². The molecule has 4 rings (SSSR count). The lowest BCUT2D eigenvalue weighted by atomic mass is 10.1. The zero-order valence-corrected chi connectivity index (χ0v) is 14.7. The third-order valence-electron chi connectivity index (χ3n) is 4.19. The minimum atomic E-state index is -4.89. The van der Waals surface area contributed by atoms with Gasteiger partial charge in [0.25, 0.3) is 5.91 Å². The number of hydrogen-bond acceptors (Lipinski definition) is 4. The first-order chi connectivity index (χ1) is 13.9. The normalized spacial score (nSPS) is 11.6. The third kappa shape index (κ3) is 4.05. The zero-order valence-electron chi connectivity index (χ0n) is 14.7. The van der Waals surface area contributed by atoms with E-state index in [0.717, 1.165) is 22.5 Å². The molecular formula is C19H14F3N5O2. The van der Waals surface area contributed by atoms with Gasteiger partial charge in [0.15, 0.2) is 0 Å². The smallest absolute Gasteiger partial charge is 0.405 e. The predicted octanol–water partition coefficient (Wildman–Crippen LogP) is 3.78. The number of alkyl halides is 3. The van der Waals surface area contributed by atoms with Crippen molar-refractivity contribution < 1.29 is 22.7 Å². The number of nitrogens with one attached hydrogen (secondary N) is 3. The highest BCUT2D eigenvalue weighted by Crippen LogP contribution is 2.27. The molecule has 0 spiro atoms. The number of hydrogen-bond donors (Lipinski definition) is 3. The second-order valence-corrected chi connectivity index (χ2v) is 6.14. The maximum Gasteiger partial charge on any atom is 0.573 e. The van der Waals surface area contributed by atoms with Crippen molar-refractivity contribution in [2.24, 2.45) is 0 Å². The van der Waals surface area contributed by atoms with Crippen molar-refractivity contribution in [2.75, 3.05) is 0 Å².